The summed E-state index contributed by atoms with van der Waals surface area (Å²) in [7, 11) is 0. The maximum atomic E-state index is 12.6. The minimum Gasteiger partial charge on any atom is -0.479 e. The van der Waals surface area contributed by atoms with Gasteiger partial charge in [-0.05, 0) is 12.1 Å². The number of benzene rings is 1. The predicted octanol–water partition coefficient (Wildman–Crippen LogP) is 1.63. The van der Waals surface area contributed by atoms with E-state index in [1.807, 2.05) is 0 Å². The van der Waals surface area contributed by atoms with Crippen molar-refractivity contribution in [2.24, 2.45) is 0 Å². The monoisotopic (exact) mass is 187 g/mol. The van der Waals surface area contributed by atoms with Gasteiger partial charge in [-0.2, -0.15) is 8.78 Å². The van der Waals surface area contributed by atoms with Crippen molar-refractivity contribution in [2.45, 2.75) is 6.11 Å². The second kappa shape index (κ2) is 2.48. The van der Waals surface area contributed by atoms with Crippen molar-refractivity contribution in [1.29, 1.82) is 0 Å². The number of hydrogen-bond acceptors (Lipinski definition) is 3. The van der Waals surface area contributed by atoms with Crippen molar-refractivity contribution in [3.8, 4) is 11.5 Å². The van der Waals surface area contributed by atoms with Gasteiger partial charge in [-0.25, -0.2) is 0 Å². The van der Waals surface area contributed by atoms with Crippen molar-refractivity contribution < 1.29 is 18.3 Å². The number of fused-ring (bicyclic) bond motifs is 1. The van der Waals surface area contributed by atoms with E-state index in [-0.39, 0.29) is 11.5 Å². The van der Waals surface area contributed by atoms with E-state index >= 15 is 0 Å². The molecule has 0 bridgehead atoms. The molecule has 2 N–H and O–H groups in total. The number of ether oxygens (including phenoxy) is 2. The van der Waals surface area contributed by atoms with Gasteiger partial charge < -0.3 is 15.2 Å². The van der Waals surface area contributed by atoms with Crippen molar-refractivity contribution >= 4 is 5.69 Å². The summed E-state index contributed by atoms with van der Waals surface area (Å²) in [5, 5.41) is 0. The van der Waals surface area contributed by atoms with E-state index in [4.69, 9.17) is 10.5 Å². The maximum Gasteiger partial charge on any atom is 0.433 e. The standard InChI is InChI=1S/C8H7F2NO2/c9-8(10)4-12-7-3-5(11)1-2-6(7)13-8/h1-3H,4,11H2. The van der Waals surface area contributed by atoms with Crippen molar-refractivity contribution in [2.75, 3.05) is 12.3 Å². The molecule has 3 nitrogen and oxygen atoms in total. The fraction of sp³-hybridized carbons (Fsp3) is 0.250. The topological polar surface area (TPSA) is 44.5 Å². The number of halogens is 2. The first-order chi connectivity index (χ1) is 6.07. The molecular formula is C8H7F2NO2. The highest BCUT2D eigenvalue weighted by Gasteiger charge is 2.37. The number of nitrogens with two attached hydrogens (primary N) is 1. The van der Waals surface area contributed by atoms with Crippen LogP contribution in [0.15, 0.2) is 18.2 Å². The summed E-state index contributed by atoms with van der Waals surface area (Å²) in [5.41, 5.74) is 5.88. The summed E-state index contributed by atoms with van der Waals surface area (Å²) in [6.45, 7) is -0.774. The van der Waals surface area contributed by atoms with Gasteiger partial charge in [-0.3, -0.25) is 0 Å². The molecule has 0 saturated heterocycles. The number of anilines is 1. The van der Waals surface area contributed by atoms with E-state index in [1.165, 1.54) is 18.2 Å². The van der Waals surface area contributed by atoms with E-state index in [1.54, 1.807) is 0 Å². The zero-order valence-corrected chi connectivity index (χ0v) is 6.59. The molecule has 0 aliphatic carbocycles. The smallest absolute Gasteiger partial charge is 0.433 e. The van der Waals surface area contributed by atoms with Gasteiger partial charge in [0.05, 0.1) is 0 Å². The highest BCUT2D eigenvalue weighted by atomic mass is 19.3. The summed E-state index contributed by atoms with van der Waals surface area (Å²) in [4.78, 5) is 0. The van der Waals surface area contributed by atoms with Crippen molar-refractivity contribution in [3.05, 3.63) is 18.2 Å². The van der Waals surface area contributed by atoms with E-state index in [2.05, 4.69) is 4.74 Å². The van der Waals surface area contributed by atoms with Crippen LogP contribution < -0.4 is 15.2 Å². The first kappa shape index (κ1) is 8.10. The maximum absolute atomic E-state index is 12.6. The van der Waals surface area contributed by atoms with Gasteiger partial charge in [-0.1, -0.05) is 0 Å². The molecule has 0 amide bonds. The minimum absolute atomic E-state index is 0.0189. The fourth-order valence-corrected chi connectivity index (χ4v) is 1.07. The molecule has 1 aliphatic heterocycles. The van der Waals surface area contributed by atoms with Crippen molar-refractivity contribution in [3.63, 3.8) is 0 Å². The van der Waals surface area contributed by atoms with Crippen LogP contribution in [0.3, 0.4) is 0 Å². The zero-order chi connectivity index (χ0) is 9.47. The van der Waals surface area contributed by atoms with Crippen LogP contribution >= 0.6 is 0 Å². The molecule has 0 unspecified atom stereocenters. The lowest BCUT2D eigenvalue weighted by Gasteiger charge is -2.25. The Kier molecular flexibility index (Phi) is 1.55. The molecule has 0 aromatic heterocycles. The Bertz CT molecular complexity index is 341. The Morgan fingerprint density at radius 2 is 2.08 bits per heavy atom. The average molecular weight is 187 g/mol. The largest absolute Gasteiger partial charge is 0.479 e. The predicted molar refractivity (Wildman–Crippen MR) is 41.9 cm³/mol. The molecule has 0 saturated carbocycles. The molecule has 1 aromatic carbocycles. The van der Waals surface area contributed by atoms with Crippen LogP contribution in [0.25, 0.3) is 0 Å². The third kappa shape index (κ3) is 1.49. The van der Waals surface area contributed by atoms with Crippen LogP contribution in [-0.4, -0.2) is 12.7 Å². The highest BCUT2D eigenvalue weighted by molar-refractivity contribution is 5.52. The van der Waals surface area contributed by atoms with Crippen LogP contribution in [0.5, 0.6) is 11.5 Å². The molecule has 0 radical (unpaired) electrons. The Morgan fingerprint density at radius 3 is 2.85 bits per heavy atom. The molecule has 0 atom stereocenters. The Balaban J connectivity index is 2.37. The number of alkyl halides is 2. The number of rotatable bonds is 0. The lowest BCUT2D eigenvalue weighted by Crippen LogP contribution is -2.35. The van der Waals surface area contributed by atoms with Crippen LogP contribution in [0, 0.1) is 0 Å². The molecule has 1 aliphatic rings. The van der Waals surface area contributed by atoms with Crippen LogP contribution in [0.1, 0.15) is 0 Å². The SMILES string of the molecule is Nc1ccc2c(c1)OCC(F)(F)O2. The van der Waals surface area contributed by atoms with Crippen molar-refractivity contribution in [1.82, 2.24) is 0 Å². The first-order valence-corrected chi connectivity index (χ1v) is 3.66. The van der Waals surface area contributed by atoms with Gasteiger partial charge in [0.1, 0.15) is 0 Å². The first-order valence-electron chi connectivity index (χ1n) is 3.66. The fourth-order valence-electron chi connectivity index (χ4n) is 1.07. The Hall–Kier alpha value is -1.52. The molecule has 5 heteroatoms. The Labute approximate surface area is 73.1 Å². The van der Waals surface area contributed by atoms with E-state index in [9.17, 15) is 8.78 Å². The van der Waals surface area contributed by atoms with E-state index in [0.717, 1.165) is 0 Å². The van der Waals surface area contributed by atoms with Gasteiger partial charge in [0.2, 0.25) is 0 Å². The third-order valence-corrected chi connectivity index (χ3v) is 1.62. The van der Waals surface area contributed by atoms with Crippen LogP contribution in [-0.2, 0) is 0 Å². The lowest BCUT2D eigenvalue weighted by molar-refractivity contribution is -0.208. The second-order valence-corrected chi connectivity index (χ2v) is 2.73. The van der Waals surface area contributed by atoms with E-state index in [0.29, 0.717) is 5.69 Å². The normalized spacial score (nSPS) is 18.3. The molecule has 1 aromatic rings. The summed E-state index contributed by atoms with van der Waals surface area (Å²) >= 11 is 0. The molecule has 0 spiro atoms. The molecule has 70 valence electrons. The summed E-state index contributed by atoms with van der Waals surface area (Å²) in [6.07, 6.45) is -3.25. The van der Waals surface area contributed by atoms with Gasteiger partial charge in [0.25, 0.3) is 0 Å². The summed E-state index contributed by atoms with van der Waals surface area (Å²) in [6, 6.07) is 4.28. The van der Waals surface area contributed by atoms with Gasteiger partial charge in [0, 0.05) is 11.8 Å². The van der Waals surface area contributed by atoms with Gasteiger partial charge >= 0.3 is 6.11 Å². The minimum atomic E-state index is -3.25. The quantitative estimate of drug-likeness (QED) is 0.628. The van der Waals surface area contributed by atoms with E-state index < -0.39 is 12.7 Å². The molecule has 1 heterocycles. The number of hydrogen-bond donors (Lipinski definition) is 1. The average Bonchev–Trinajstić information content (AvgIpc) is 2.05. The van der Waals surface area contributed by atoms with Gasteiger partial charge in [-0.15, -0.1) is 0 Å². The second-order valence-electron chi connectivity index (χ2n) is 2.73. The van der Waals surface area contributed by atoms with Gasteiger partial charge in [0.15, 0.2) is 18.1 Å². The summed E-state index contributed by atoms with van der Waals surface area (Å²) in [5.74, 6) is 0.274. The molecule has 2 rings (SSSR count). The van der Waals surface area contributed by atoms with Crippen LogP contribution in [0.4, 0.5) is 14.5 Å². The summed E-state index contributed by atoms with van der Waals surface area (Å²) < 4.78 is 34.3. The molecule has 13 heavy (non-hydrogen) atoms. The lowest BCUT2D eigenvalue weighted by atomic mass is 10.2. The molecule has 0 fully saturated rings. The third-order valence-electron chi connectivity index (χ3n) is 1.62. The Morgan fingerprint density at radius 1 is 1.31 bits per heavy atom. The highest BCUT2D eigenvalue weighted by Crippen LogP contribution is 2.37. The zero-order valence-electron chi connectivity index (χ0n) is 6.59. The van der Waals surface area contributed by atoms with Crippen LogP contribution in [0.2, 0.25) is 0 Å². The number of nitrogen functional groups attached to an aromatic ring is 1. The molecular weight excluding hydrogens is 180 g/mol.